The third-order valence-corrected chi connectivity index (χ3v) is 3.75. The highest BCUT2D eigenvalue weighted by molar-refractivity contribution is 7.84. The number of hydrogen-bond acceptors (Lipinski definition) is 4. The van der Waals surface area contributed by atoms with Crippen LogP contribution in [0.3, 0.4) is 0 Å². The van der Waals surface area contributed by atoms with Crippen LogP contribution in [-0.2, 0) is 10.3 Å². The number of aryl methyl sites for hydroxylation is 1. The molecule has 5 nitrogen and oxygen atoms in total. The van der Waals surface area contributed by atoms with E-state index in [1.807, 2.05) is 25.1 Å². The van der Waals surface area contributed by atoms with Crippen LogP contribution < -0.4 is 4.18 Å². The van der Waals surface area contributed by atoms with Gasteiger partial charge in [0.2, 0.25) is 0 Å². The molecule has 0 radical (unpaired) electrons. The zero-order chi connectivity index (χ0) is 13.3. The van der Waals surface area contributed by atoms with E-state index < -0.39 is 10.3 Å². The molecule has 1 aromatic heterocycles. The molecule has 0 fully saturated rings. The maximum Gasteiger partial charge on any atom is 0.384 e. The molecule has 6 heteroatoms. The molecule has 96 valence electrons. The molecule has 0 spiro atoms. The van der Waals surface area contributed by atoms with Crippen molar-refractivity contribution in [2.24, 2.45) is 0 Å². The van der Waals surface area contributed by atoms with Crippen molar-refractivity contribution in [1.82, 2.24) is 9.29 Å². The van der Waals surface area contributed by atoms with Gasteiger partial charge in [-0.05, 0) is 19.1 Å². The van der Waals surface area contributed by atoms with E-state index in [1.54, 1.807) is 12.1 Å². The summed E-state index contributed by atoms with van der Waals surface area (Å²) in [4.78, 5) is 4.31. The molecule has 0 aliphatic heterocycles. The Labute approximate surface area is 106 Å². The van der Waals surface area contributed by atoms with Crippen molar-refractivity contribution in [1.29, 1.82) is 0 Å². The molecular weight excluding hydrogens is 252 g/mol. The number of benzene rings is 1. The van der Waals surface area contributed by atoms with E-state index in [1.165, 1.54) is 14.1 Å². The summed E-state index contributed by atoms with van der Waals surface area (Å²) < 4.78 is 29.5. The number of para-hydroxylation sites is 1. The average molecular weight is 266 g/mol. The SMILES string of the molecule is Cc1ccc2cccc(OS(=O)(=O)N(C)C)c2n1. The summed E-state index contributed by atoms with van der Waals surface area (Å²) in [6, 6.07) is 8.94. The van der Waals surface area contributed by atoms with Gasteiger partial charge in [-0.3, -0.25) is 0 Å². The molecule has 2 aromatic rings. The number of aromatic nitrogens is 1. The second-order valence-corrected chi connectivity index (χ2v) is 5.86. The van der Waals surface area contributed by atoms with E-state index in [4.69, 9.17) is 4.18 Å². The second kappa shape index (κ2) is 4.55. The van der Waals surface area contributed by atoms with Gasteiger partial charge in [0.25, 0.3) is 0 Å². The third kappa shape index (κ3) is 2.44. The van der Waals surface area contributed by atoms with Crippen LogP contribution in [0.1, 0.15) is 5.69 Å². The van der Waals surface area contributed by atoms with Gasteiger partial charge in [0.05, 0.1) is 0 Å². The van der Waals surface area contributed by atoms with Crippen LogP contribution in [0.2, 0.25) is 0 Å². The van der Waals surface area contributed by atoms with Gasteiger partial charge in [0.1, 0.15) is 5.52 Å². The Bertz CT molecular complexity index is 681. The summed E-state index contributed by atoms with van der Waals surface area (Å²) >= 11 is 0. The summed E-state index contributed by atoms with van der Waals surface area (Å²) in [5, 5.41) is 0.840. The van der Waals surface area contributed by atoms with Crippen molar-refractivity contribution in [2.45, 2.75) is 6.92 Å². The zero-order valence-corrected chi connectivity index (χ0v) is 11.2. The van der Waals surface area contributed by atoms with E-state index in [0.29, 0.717) is 5.52 Å². The Kier molecular flexibility index (Phi) is 3.23. The summed E-state index contributed by atoms with van der Waals surface area (Å²) in [6.07, 6.45) is 0. The molecule has 18 heavy (non-hydrogen) atoms. The number of hydrogen-bond donors (Lipinski definition) is 0. The first-order chi connectivity index (χ1) is 8.40. The highest BCUT2D eigenvalue weighted by atomic mass is 32.2. The summed E-state index contributed by atoms with van der Waals surface area (Å²) in [5.41, 5.74) is 1.35. The number of nitrogens with zero attached hydrogens (tertiary/aromatic N) is 2. The smallest absolute Gasteiger partial charge is 0.368 e. The molecule has 1 aromatic carbocycles. The third-order valence-electron chi connectivity index (χ3n) is 2.46. The van der Waals surface area contributed by atoms with Crippen molar-refractivity contribution in [3.63, 3.8) is 0 Å². The molecule has 0 aliphatic carbocycles. The van der Waals surface area contributed by atoms with Crippen LogP contribution in [0.5, 0.6) is 5.75 Å². The van der Waals surface area contributed by atoms with Crippen molar-refractivity contribution in [3.8, 4) is 5.75 Å². The summed E-state index contributed by atoms with van der Waals surface area (Å²) in [5.74, 6) is 0.241. The molecule has 1 heterocycles. The molecule has 0 unspecified atom stereocenters. The molecule has 0 bridgehead atoms. The molecular formula is C12H14N2O3S. The fourth-order valence-electron chi connectivity index (χ4n) is 1.47. The lowest BCUT2D eigenvalue weighted by Gasteiger charge is -2.13. The lowest BCUT2D eigenvalue weighted by molar-refractivity contribution is 0.423. The lowest BCUT2D eigenvalue weighted by atomic mass is 10.2. The van der Waals surface area contributed by atoms with Crippen molar-refractivity contribution in [3.05, 3.63) is 36.0 Å². The van der Waals surface area contributed by atoms with Gasteiger partial charge in [0, 0.05) is 25.2 Å². The Hall–Kier alpha value is -1.66. The van der Waals surface area contributed by atoms with Crippen LogP contribution >= 0.6 is 0 Å². The normalized spacial score (nSPS) is 12.0. The number of fused-ring (bicyclic) bond motifs is 1. The van der Waals surface area contributed by atoms with Gasteiger partial charge < -0.3 is 4.18 Å². The predicted octanol–water partition coefficient (Wildman–Crippen LogP) is 1.73. The largest absolute Gasteiger partial charge is 0.384 e. The minimum Gasteiger partial charge on any atom is -0.368 e. The quantitative estimate of drug-likeness (QED) is 0.849. The van der Waals surface area contributed by atoms with Crippen LogP contribution in [0.25, 0.3) is 10.9 Å². The first-order valence-electron chi connectivity index (χ1n) is 5.38. The lowest BCUT2D eigenvalue weighted by Crippen LogP contribution is -2.27. The van der Waals surface area contributed by atoms with Gasteiger partial charge in [0.15, 0.2) is 5.75 Å². The Morgan fingerprint density at radius 1 is 1.17 bits per heavy atom. The minimum atomic E-state index is -3.76. The van der Waals surface area contributed by atoms with Crippen LogP contribution in [0.15, 0.2) is 30.3 Å². The van der Waals surface area contributed by atoms with Crippen LogP contribution in [-0.4, -0.2) is 31.8 Å². The fourth-order valence-corrected chi connectivity index (χ4v) is 1.98. The first-order valence-corrected chi connectivity index (χ1v) is 6.75. The van der Waals surface area contributed by atoms with Gasteiger partial charge in [-0.25, -0.2) is 4.98 Å². The summed E-state index contributed by atoms with van der Waals surface area (Å²) in [6.45, 7) is 1.84. The molecule has 2 rings (SSSR count). The van der Waals surface area contributed by atoms with E-state index in [0.717, 1.165) is 15.4 Å². The highest BCUT2D eigenvalue weighted by Gasteiger charge is 2.17. The Morgan fingerprint density at radius 2 is 1.89 bits per heavy atom. The van der Waals surface area contributed by atoms with E-state index in [2.05, 4.69) is 4.98 Å². The molecule has 0 aliphatic rings. The first kappa shape index (κ1) is 12.8. The van der Waals surface area contributed by atoms with Crippen molar-refractivity contribution in [2.75, 3.05) is 14.1 Å². The molecule has 0 N–H and O–H groups in total. The Morgan fingerprint density at radius 3 is 2.56 bits per heavy atom. The molecule has 0 atom stereocenters. The highest BCUT2D eigenvalue weighted by Crippen LogP contribution is 2.25. The standard InChI is InChI=1S/C12H14N2O3S/c1-9-7-8-10-5-4-6-11(12(10)13-9)17-18(15,16)14(2)3/h4-8H,1-3H3. The van der Waals surface area contributed by atoms with Gasteiger partial charge >= 0.3 is 10.3 Å². The monoisotopic (exact) mass is 266 g/mol. The van der Waals surface area contributed by atoms with Gasteiger partial charge in [-0.1, -0.05) is 18.2 Å². The predicted molar refractivity (Wildman–Crippen MR) is 69.7 cm³/mol. The number of rotatable bonds is 3. The average Bonchev–Trinajstić information content (AvgIpc) is 2.29. The van der Waals surface area contributed by atoms with E-state index in [-0.39, 0.29) is 5.75 Å². The topological polar surface area (TPSA) is 59.5 Å². The maximum atomic E-state index is 11.7. The van der Waals surface area contributed by atoms with Gasteiger partial charge in [-0.2, -0.15) is 12.7 Å². The fraction of sp³-hybridized carbons (Fsp3) is 0.250. The molecule has 0 saturated heterocycles. The molecule has 0 saturated carbocycles. The van der Waals surface area contributed by atoms with Crippen LogP contribution in [0, 0.1) is 6.92 Å². The van der Waals surface area contributed by atoms with E-state index in [9.17, 15) is 8.42 Å². The Balaban J connectivity index is 2.55. The summed E-state index contributed by atoms with van der Waals surface area (Å²) in [7, 11) is -0.931. The van der Waals surface area contributed by atoms with Gasteiger partial charge in [-0.15, -0.1) is 0 Å². The van der Waals surface area contributed by atoms with Crippen molar-refractivity contribution >= 4 is 21.2 Å². The number of pyridine rings is 1. The second-order valence-electron chi connectivity index (χ2n) is 4.10. The maximum absolute atomic E-state index is 11.7. The van der Waals surface area contributed by atoms with Crippen LogP contribution in [0.4, 0.5) is 0 Å². The minimum absolute atomic E-state index is 0.241. The zero-order valence-electron chi connectivity index (χ0n) is 10.4. The van der Waals surface area contributed by atoms with Crippen molar-refractivity contribution < 1.29 is 12.6 Å². The molecule has 0 amide bonds. The van der Waals surface area contributed by atoms with E-state index >= 15 is 0 Å².